The van der Waals surface area contributed by atoms with Crippen LogP contribution in [0.4, 0.5) is 5.69 Å². The highest BCUT2D eigenvalue weighted by Gasteiger charge is 2.33. The van der Waals surface area contributed by atoms with Crippen molar-refractivity contribution in [2.45, 2.75) is 46.1 Å². The Balaban J connectivity index is 2.04. The van der Waals surface area contributed by atoms with E-state index in [0.29, 0.717) is 0 Å². The molecule has 0 bridgehead atoms. The number of anilines is 1. The number of hydrogen-bond donors (Lipinski definition) is 1. The molecule has 0 saturated heterocycles. The first kappa shape index (κ1) is 18.7. The van der Waals surface area contributed by atoms with Crippen LogP contribution in [-0.4, -0.2) is 18.0 Å². The summed E-state index contributed by atoms with van der Waals surface area (Å²) in [6.07, 6.45) is -0.879. The summed E-state index contributed by atoms with van der Waals surface area (Å²) in [6.45, 7) is 9.09. The van der Waals surface area contributed by atoms with E-state index < -0.39 is 17.5 Å². The molecule has 4 heteroatoms. The molecule has 0 saturated carbocycles. The predicted molar refractivity (Wildman–Crippen MR) is 99.6 cm³/mol. The van der Waals surface area contributed by atoms with Crippen LogP contribution in [0.2, 0.25) is 0 Å². The summed E-state index contributed by atoms with van der Waals surface area (Å²) in [7, 11) is 0. The molecule has 0 spiro atoms. The van der Waals surface area contributed by atoms with E-state index in [-0.39, 0.29) is 5.91 Å². The third-order valence-corrected chi connectivity index (χ3v) is 4.30. The average molecular weight is 339 g/mol. The van der Waals surface area contributed by atoms with Crippen LogP contribution < -0.4 is 5.32 Å². The number of hydrogen-bond acceptors (Lipinski definition) is 3. The normalized spacial score (nSPS) is 12.4. The van der Waals surface area contributed by atoms with Crippen LogP contribution in [0.5, 0.6) is 0 Å². The van der Waals surface area contributed by atoms with Crippen molar-refractivity contribution in [3.8, 4) is 0 Å². The lowest BCUT2D eigenvalue weighted by Gasteiger charge is -2.25. The molecule has 2 aromatic carbocycles. The molecule has 2 aromatic rings. The number of carbonyl (C=O) groups excluding carboxylic acids is 2. The predicted octanol–water partition coefficient (Wildman–Crippen LogP) is 4.15. The van der Waals surface area contributed by atoms with E-state index >= 15 is 0 Å². The zero-order valence-electron chi connectivity index (χ0n) is 15.4. The van der Waals surface area contributed by atoms with Crippen LogP contribution in [0.3, 0.4) is 0 Å². The maximum atomic E-state index is 12.5. The monoisotopic (exact) mass is 339 g/mol. The lowest BCUT2D eigenvalue weighted by Crippen LogP contribution is -2.37. The molecule has 4 nitrogen and oxygen atoms in total. The molecule has 0 fully saturated rings. The van der Waals surface area contributed by atoms with Crippen molar-refractivity contribution in [1.82, 2.24) is 0 Å². The number of amides is 1. The van der Waals surface area contributed by atoms with Crippen LogP contribution in [0, 0.1) is 13.8 Å². The minimum atomic E-state index is -0.879. The van der Waals surface area contributed by atoms with Crippen molar-refractivity contribution in [2.75, 3.05) is 5.32 Å². The Morgan fingerprint density at radius 1 is 1.04 bits per heavy atom. The molecular weight excluding hydrogens is 314 g/mol. The maximum absolute atomic E-state index is 12.5. The highest BCUT2D eigenvalue weighted by atomic mass is 16.5. The summed E-state index contributed by atoms with van der Waals surface area (Å²) in [6, 6.07) is 15.2. The van der Waals surface area contributed by atoms with Gasteiger partial charge in [-0.25, -0.2) is 0 Å². The molecule has 2 rings (SSSR count). The summed E-state index contributed by atoms with van der Waals surface area (Å²) in [5.41, 5.74) is 2.84. The first-order chi connectivity index (χ1) is 11.7. The number of ether oxygens (including phenoxy) is 1. The highest BCUT2D eigenvalue weighted by molar-refractivity contribution is 5.96. The molecule has 132 valence electrons. The smallest absolute Gasteiger partial charge is 0.316 e. The summed E-state index contributed by atoms with van der Waals surface area (Å²) >= 11 is 0. The Hall–Kier alpha value is -2.62. The van der Waals surface area contributed by atoms with E-state index in [2.05, 4.69) is 5.32 Å². The third kappa shape index (κ3) is 4.47. The van der Waals surface area contributed by atoms with E-state index in [1.807, 2.05) is 62.4 Å². The number of esters is 1. The molecule has 0 unspecified atom stereocenters. The van der Waals surface area contributed by atoms with E-state index in [4.69, 9.17) is 4.74 Å². The van der Waals surface area contributed by atoms with Crippen molar-refractivity contribution in [3.05, 3.63) is 65.2 Å². The summed E-state index contributed by atoms with van der Waals surface area (Å²) in [5.74, 6) is -0.772. The molecule has 0 radical (unpaired) electrons. The topological polar surface area (TPSA) is 55.4 Å². The van der Waals surface area contributed by atoms with E-state index in [1.165, 1.54) is 0 Å². The van der Waals surface area contributed by atoms with E-state index in [9.17, 15) is 9.59 Å². The zero-order valence-corrected chi connectivity index (χ0v) is 15.4. The fraction of sp³-hybridized carbons (Fsp3) is 0.333. The van der Waals surface area contributed by atoms with Crippen molar-refractivity contribution >= 4 is 17.6 Å². The first-order valence-corrected chi connectivity index (χ1v) is 8.36. The minimum Gasteiger partial charge on any atom is -0.452 e. The van der Waals surface area contributed by atoms with Gasteiger partial charge >= 0.3 is 5.97 Å². The van der Waals surface area contributed by atoms with Gasteiger partial charge in [0.05, 0.1) is 5.41 Å². The van der Waals surface area contributed by atoms with Gasteiger partial charge in [-0.2, -0.15) is 0 Å². The molecule has 1 N–H and O–H groups in total. The Bertz CT molecular complexity index is 766. The van der Waals surface area contributed by atoms with Gasteiger partial charge in [0.2, 0.25) is 0 Å². The first-order valence-electron chi connectivity index (χ1n) is 8.36. The second kappa shape index (κ2) is 7.51. The van der Waals surface area contributed by atoms with Gasteiger partial charge in [-0.1, -0.05) is 48.0 Å². The number of aryl methyl sites for hydroxylation is 2. The van der Waals surface area contributed by atoms with Gasteiger partial charge in [-0.05, 0) is 51.8 Å². The van der Waals surface area contributed by atoms with Crippen LogP contribution in [-0.2, 0) is 19.7 Å². The van der Waals surface area contributed by atoms with Gasteiger partial charge < -0.3 is 10.1 Å². The Morgan fingerprint density at radius 2 is 1.68 bits per heavy atom. The number of rotatable bonds is 5. The number of carbonyl (C=O) groups is 2. The number of nitrogens with one attached hydrogen (secondary N) is 1. The van der Waals surface area contributed by atoms with Crippen LogP contribution in [0.1, 0.15) is 37.5 Å². The van der Waals surface area contributed by atoms with Crippen molar-refractivity contribution in [1.29, 1.82) is 0 Å². The quantitative estimate of drug-likeness (QED) is 0.833. The SMILES string of the molecule is Cc1ccc(NC(=O)[C@H](C)OC(=O)C(C)(C)c2ccccc2)c(C)c1. The lowest BCUT2D eigenvalue weighted by atomic mass is 9.85. The second-order valence-electron chi connectivity index (χ2n) is 6.85. The zero-order chi connectivity index (χ0) is 18.6. The molecule has 0 aromatic heterocycles. The fourth-order valence-corrected chi connectivity index (χ4v) is 2.52. The van der Waals surface area contributed by atoms with Gasteiger partial charge in [-0.15, -0.1) is 0 Å². The minimum absolute atomic E-state index is 0.343. The molecule has 0 heterocycles. The van der Waals surface area contributed by atoms with Crippen molar-refractivity contribution in [3.63, 3.8) is 0 Å². The van der Waals surface area contributed by atoms with E-state index in [0.717, 1.165) is 22.4 Å². The van der Waals surface area contributed by atoms with Crippen molar-refractivity contribution < 1.29 is 14.3 Å². The van der Waals surface area contributed by atoms with Crippen molar-refractivity contribution in [2.24, 2.45) is 0 Å². The van der Waals surface area contributed by atoms with Gasteiger partial charge in [0, 0.05) is 5.69 Å². The molecule has 1 atom stereocenters. The molecule has 0 aliphatic heterocycles. The molecular formula is C21H25NO3. The third-order valence-electron chi connectivity index (χ3n) is 4.30. The molecule has 0 aliphatic carbocycles. The summed E-state index contributed by atoms with van der Waals surface area (Å²) in [4.78, 5) is 24.9. The Labute approximate surface area is 149 Å². The van der Waals surface area contributed by atoms with Crippen LogP contribution in [0.15, 0.2) is 48.5 Å². The number of benzene rings is 2. The van der Waals surface area contributed by atoms with Gasteiger partial charge in [-0.3, -0.25) is 9.59 Å². The van der Waals surface area contributed by atoms with E-state index in [1.54, 1.807) is 20.8 Å². The van der Waals surface area contributed by atoms with Gasteiger partial charge in [0.15, 0.2) is 6.10 Å². The molecule has 1 amide bonds. The summed E-state index contributed by atoms with van der Waals surface area (Å²) in [5, 5.41) is 2.82. The second-order valence-corrected chi connectivity index (χ2v) is 6.85. The summed E-state index contributed by atoms with van der Waals surface area (Å²) < 4.78 is 5.42. The van der Waals surface area contributed by atoms with Crippen LogP contribution >= 0.6 is 0 Å². The highest BCUT2D eigenvalue weighted by Crippen LogP contribution is 2.25. The maximum Gasteiger partial charge on any atom is 0.316 e. The molecule has 25 heavy (non-hydrogen) atoms. The standard InChI is InChI=1S/C21H25NO3/c1-14-11-12-18(15(2)13-14)22-19(23)16(3)25-20(24)21(4,5)17-9-7-6-8-10-17/h6-13,16H,1-5H3,(H,22,23)/t16-/m0/s1. The van der Waals surface area contributed by atoms with Gasteiger partial charge in [0.1, 0.15) is 0 Å². The van der Waals surface area contributed by atoms with Crippen LogP contribution in [0.25, 0.3) is 0 Å². The molecule has 0 aliphatic rings. The fourth-order valence-electron chi connectivity index (χ4n) is 2.52. The van der Waals surface area contributed by atoms with Gasteiger partial charge in [0.25, 0.3) is 5.91 Å². The lowest BCUT2D eigenvalue weighted by molar-refractivity contribution is -0.158. The Morgan fingerprint density at radius 3 is 2.28 bits per heavy atom. The largest absolute Gasteiger partial charge is 0.452 e. The average Bonchev–Trinajstić information content (AvgIpc) is 2.57. The Kier molecular flexibility index (Phi) is 5.62.